The molecule has 132 valence electrons. The molecule has 0 spiro atoms. The zero-order chi connectivity index (χ0) is 18.5. The van der Waals surface area contributed by atoms with E-state index in [1.54, 1.807) is 0 Å². The van der Waals surface area contributed by atoms with Crippen molar-refractivity contribution in [2.24, 2.45) is 0 Å². The van der Waals surface area contributed by atoms with Crippen LogP contribution in [0.2, 0.25) is 0 Å². The van der Waals surface area contributed by atoms with Crippen LogP contribution in [-0.2, 0) is 6.61 Å². The van der Waals surface area contributed by atoms with E-state index in [0.29, 0.717) is 6.61 Å². The van der Waals surface area contributed by atoms with Crippen molar-refractivity contribution in [3.05, 3.63) is 103 Å². The van der Waals surface area contributed by atoms with E-state index in [4.69, 9.17) is 4.74 Å². The average molecular weight is 358 g/mol. The Labute approximate surface area is 163 Å². The van der Waals surface area contributed by atoms with Gasteiger partial charge in [-0.2, -0.15) is 0 Å². The van der Waals surface area contributed by atoms with E-state index in [1.807, 2.05) is 0 Å². The van der Waals surface area contributed by atoms with Crippen LogP contribution in [0.3, 0.4) is 0 Å². The molecule has 6 aromatic rings. The lowest BCUT2D eigenvalue weighted by Gasteiger charge is -2.15. The summed E-state index contributed by atoms with van der Waals surface area (Å²) in [5.74, 6) is 0.943. The monoisotopic (exact) mass is 358 g/mol. The summed E-state index contributed by atoms with van der Waals surface area (Å²) in [5, 5.41) is 10.1. The molecule has 0 aliphatic rings. The molecule has 0 saturated heterocycles. The maximum atomic E-state index is 6.30. The highest BCUT2D eigenvalue weighted by Crippen LogP contribution is 2.38. The van der Waals surface area contributed by atoms with Crippen LogP contribution >= 0.6 is 0 Å². The fourth-order valence-electron chi connectivity index (χ4n) is 4.32. The Balaban J connectivity index is 1.44. The molecule has 0 bridgehead atoms. The number of hydrogen-bond donors (Lipinski definition) is 0. The number of hydrogen-bond acceptors (Lipinski definition) is 1. The lowest BCUT2D eigenvalue weighted by molar-refractivity contribution is 0.310. The molecular formula is C27H18O. The molecule has 0 amide bonds. The molecular weight excluding hydrogens is 340 g/mol. The number of rotatable bonds is 3. The molecule has 1 nitrogen and oxygen atoms in total. The van der Waals surface area contributed by atoms with Crippen molar-refractivity contribution in [3.63, 3.8) is 0 Å². The highest BCUT2D eigenvalue weighted by Gasteiger charge is 2.11. The van der Waals surface area contributed by atoms with Gasteiger partial charge in [-0.1, -0.05) is 78.9 Å². The molecule has 0 radical (unpaired) electrons. The molecule has 0 heterocycles. The van der Waals surface area contributed by atoms with Gasteiger partial charge < -0.3 is 4.74 Å². The van der Waals surface area contributed by atoms with Gasteiger partial charge in [0.05, 0.1) is 0 Å². The van der Waals surface area contributed by atoms with Crippen LogP contribution in [0.15, 0.2) is 97.1 Å². The van der Waals surface area contributed by atoms with Crippen molar-refractivity contribution in [2.45, 2.75) is 6.61 Å². The molecule has 6 rings (SSSR count). The first-order valence-electron chi connectivity index (χ1n) is 9.64. The standard InChI is InChI=1S/C27H18O/c1-2-5-23-16-18(8-9-19(23)4-1)17-28-25-15-13-22-11-10-20-6-3-7-21-12-14-24(25)27(22)26(20)21/h1-16H,17H2. The van der Waals surface area contributed by atoms with Gasteiger partial charge in [-0.05, 0) is 56.1 Å². The normalized spacial score (nSPS) is 11.7. The van der Waals surface area contributed by atoms with Gasteiger partial charge in [-0.3, -0.25) is 0 Å². The maximum absolute atomic E-state index is 6.30. The third-order valence-electron chi connectivity index (χ3n) is 5.70. The van der Waals surface area contributed by atoms with Crippen LogP contribution in [0.5, 0.6) is 5.75 Å². The van der Waals surface area contributed by atoms with E-state index < -0.39 is 0 Å². The Kier molecular flexibility index (Phi) is 3.30. The molecule has 0 aliphatic carbocycles. The molecule has 0 fully saturated rings. The lowest BCUT2D eigenvalue weighted by Crippen LogP contribution is -1.96. The molecule has 0 unspecified atom stereocenters. The van der Waals surface area contributed by atoms with E-state index in [0.717, 1.165) is 5.75 Å². The molecule has 6 aromatic carbocycles. The average Bonchev–Trinajstić information content (AvgIpc) is 2.76. The lowest BCUT2D eigenvalue weighted by atomic mass is 9.94. The quantitative estimate of drug-likeness (QED) is 0.301. The van der Waals surface area contributed by atoms with Crippen molar-refractivity contribution in [1.29, 1.82) is 0 Å². The van der Waals surface area contributed by atoms with E-state index in [9.17, 15) is 0 Å². The van der Waals surface area contributed by atoms with Gasteiger partial charge >= 0.3 is 0 Å². The maximum Gasteiger partial charge on any atom is 0.127 e. The molecule has 0 aliphatic heterocycles. The minimum Gasteiger partial charge on any atom is -0.488 e. The Morgan fingerprint density at radius 3 is 2.00 bits per heavy atom. The van der Waals surface area contributed by atoms with Crippen molar-refractivity contribution >= 4 is 43.1 Å². The minimum absolute atomic E-state index is 0.564. The van der Waals surface area contributed by atoms with Gasteiger partial charge in [0, 0.05) is 10.8 Å². The Bertz CT molecular complexity index is 1450. The second-order valence-corrected chi connectivity index (χ2v) is 7.39. The van der Waals surface area contributed by atoms with Crippen molar-refractivity contribution in [2.75, 3.05) is 0 Å². The second-order valence-electron chi connectivity index (χ2n) is 7.39. The van der Waals surface area contributed by atoms with Gasteiger partial charge in [0.2, 0.25) is 0 Å². The van der Waals surface area contributed by atoms with Gasteiger partial charge in [0.1, 0.15) is 12.4 Å². The highest BCUT2D eigenvalue weighted by atomic mass is 16.5. The summed E-state index contributed by atoms with van der Waals surface area (Å²) in [6, 6.07) is 34.5. The third kappa shape index (κ3) is 2.33. The van der Waals surface area contributed by atoms with Gasteiger partial charge in [-0.25, -0.2) is 0 Å². The molecule has 0 N–H and O–H groups in total. The zero-order valence-electron chi connectivity index (χ0n) is 15.4. The summed E-state index contributed by atoms with van der Waals surface area (Å²) < 4.78 is 6.30. The van der Waals surface area contributed by atoms with E-state index in [1.165, 1.54) is 48.7 Å². The Morgan fingerprint density at radius 1 is 0.500 bits per heavy atom. The fourth-order valence-corrected chi connectivity index (χ4v) is 4.32. The van der Waals surface area contributed by atoms with E-state index in [2.05, 4.69) is 97.1 Å². The van der Waals surface area contributed by atoms with Gasteiger partial charge in [-0.15, -0.1) is 0 Å². The Hall–Kier alpha value is -3.58. The molecule has 0 saturated carbocycles. The summed E-state index contributed by atoms with van der Waals surface area (Å²) in [6.07, 6.45) is 0. The van der Waals surface area contributed by atoms with Crippen LogP contribution < -0.4 is 4.74 Å². The predicted octanol–water partition coefficient (Wildman–Crippen LogP) is 7.32. The summed E-state index contributed by atoms with van der Waals surface area (Å²) in [7, 11) is 0. The molecule has 0 aromatic heterocycles. The predicted molar refractivity (Wildman–Crippen MR) is 118 cm³/mol. The smallest absolute Gasteiger partial charge is 0.127 e. The number of ether oxygens (including phenoxy) is 1. The van der Waals surface area contributed by atoms with Gasteiger partial charge in [0.15, 0.2) is 0 Å². The van der Waals surface area contributed by atoms with Gasteiger partial charge in [0.25, 0.3) is 0 Å². The first-order valence-corrected chi connectivity index (χ1v) is 9.64. The van der Waals surface area contributed by atoms with Crippen LogP contribution in [0, 0.1) is 0 Å². The summed E-state index contributed by atoms with van der Waals surface area (Å²) in [4.78, 5) is 0. The largest absolute Gasteiger partial charge is 0.488 e. The summed E-state index contributed by atoms with van der Waals surface area (Å²) in [5.41, 5.74) is 1.18. The highest BCUT2D eigenvalue weighted by molar-refractivity contribution is 6.24. The topological polar surface area (TPSA) is 9.23 Å². The first kappa shape index (κ1) is 15.5. The summed E-state index contributed by atoms with van der Waals surface area (Å²) >= 11 is 0. The Morgan fingerprint density at radius 2 is 1.14 bits per heavy atom. The number of fused-ring (bicyclic) bond motifs is 1. The molecule has 0 atom stereocenters. The molecule has 1 heteroatoms. The van der Waals surface area contributed by atoms with Crippen molar-refractivity contribution in [1.82, 2.24) is 0 Å². The van der Waals surface area contributed by atoms with Crippen molar-refractivity contribution in [3.8, 4) is 5.75 Å². The SMILES string of the molecule is c1ccc2cc(COc3ccc4ccc5cccc6ccc3c4c56)ccc2c1. The second kappa shape index (κ2) is 5.97. The van der Waals surface area contributed by atoms with Crippen LogP contribution in [0.25, 0.3) is 43.1 Å². The summed E-state index contributed by atoms with van der Waals surface area (Å²) in [6.45, 7) is 0.564. The van der Waals surface area contributed by atoms with E-state index in [-0.39, 0.29) is 0 Å². The van der Waals surface area contributed by atoms with Crippen LogP contribution in [0.1, 0.15) is 5.56 Å². The number of benzene rings is 6. The van der Waals surface area contributed by atoms with Crippen LogP contribution in [-0.4, -0.2) is 0 Å². The van der Waals surface area contributed by atoms with E-state index >= 15 is 0 Å². The first-order chi connectivity index (χ1) is 13.9. The minimum atomic E-state index is 0.564. The molecule has 28 heavy (non-hydrogen) atoms. The van der Waals surface area contributed by atoms with Crippen LogP contribution in [0.4, 0.5) is 0 Å². The zero-order valence-corrected chi connectivity index (χ0v) is 15.4. The fraction of sp³-hybridized carbons (Fsp3) is 0.0370. The third-order valence-corrected chi connectivity index (χ3v) is 5.70. The van der Waals surface area contributed by atoms with Crippen molar-refractivity contribution < 1.29 is 4.74 Å².